The maximum Gasteiger partial charge on any atom is 0.225 e. The Morgan fingerprint density at radius 1 is 1.03 bits per heavy atom. The molecule has 0 unspecified atom stereocenters. The maximum absolute atomic E-state index is 13.3. The molecule has 0 saturated carbocycles. The van der Waals surface area contributed by atoms with Crippen LogP contribution in [0.1, 0.15) is 58.1 Å². The topological polar surface area (TPSA) is 84.9 Å². The van der Waals surface area contributed by atoms with E-state index in [1.165, 1.54) is 12.1 Å². The van der Waals surface area contributed by atoms with E-state index in [4.69, 9.17) is 9.47 Å². The van der Waals surface area contributed by atoms with Gasteiger partial charge in [-0.15, -0.1) is 0 Å². The van der Waals surface area contributed by atoms with Crippen molar-refractivity contribution in [2.75, 3.05) is 18.5 Å². The first-order chi connectivity index (χ1) is 18.7. The third-order valence-electron chi connectivity index (χ3n) is 6.36. The summed E-state index contributed by atoms with van der Waals surface area (Å²) in [5.74, 6) is 0.850. The summed E-state index contributed by atoms with van der Waals surface area (Å²) in [6.07, 6.45) is 3.83. The number of benzene rings is 3. The van der Waals surface area contributed by atoms with Crippen molar-refractivity contribution in [3.05, 3.63) is 71.5 Å². The van der Waals surface area contributed by atoms with Gasteiger partial charge in [-0.1, -0.05) is 52.3 Å². The van der Waals surface area contributed by atoms with Gasteiger partial charge in [0, 0.05) is 41.1 Å². The fourth-order valence-corrected chi connectivity index (χ4v) is 4.28. The van der Waals surface area contributed by atoms with Crippen LogP contribution in [0.25, 0.3) is 11.1 Å². The SMILES string of the molecule is CCCc1c(NC(=O)CC(C)(C)C=O)cccc1OCCCOc1cc(O)c(-c2ccc(F)cc2)cc1CC. The number of ether oxygens (including phenoxy) is 2. The molecule has 1 amide bonds. The lowest BCUT2D eigenvalue weighted by Crippen LogP contribution is -2.23. The summed E-state index contributed by atoms with van der Waals surface area (Å²) in [5, 5.41) is 13.5. The quantitative estimate of drug-likeness (QED) is 0.170. The Balaban J connectivity index is 1.61. The van der Waals surface area contributed by atoms with Gasteiger partial charge in [0.15, 0.2) is 0 Å². The molecule has 0 aromatic heterocycles. The van der Waals surface area contributed by atoms with Crippen LogP contribution in [0.15, 0.2) is 54.6 Å². The number of hydrogen-bond donors (Lipinski definition) is 2. The van der Waals surface area contributed by atoms with Crippen molar-refractivity contribution in [3.63, 3.8) is 0 Å². The molecule has 0 radical (unpaired) electrons. The molecule has 0 heterocycles. The van der Waals surface area contributed by atoms with Crippen LogP contribution in [0.4, 0.5) is 10.1 Å². The molecule has 208 valence electrons. The van der Waals surface area contributed by atoms with Crippen molar-refractivity contribution in [2.24, 2.45) is 5.41 Å². The molecule has 0 aliphatic carbocycles. The Bertz CT molecular complexity index is 1270. The van der Waals surface area contributed by atoms with Crippen LogP contribution in [0, 0.1) is 11.2 Å². The summed E-state index contributed by atoms with van der Waals surface area (Å²) < 4.78 is 25.4. The Kier molecular flexibility index (Phi) is 10.5. The Morgan fingerprint density at radius 3 is 2.36 bits per heavy atom. The lowest BCUT2D eigenvalue weighted by Gasteiger charge is -2.19. The van der Waals surface area contributed by atoms with E-state index in [0.717, 1.165) is 35.8 Å². The highest BCUT2D eigenvalue weighted by Gasteiger charge is 2.22. The van der Waals surface area contributed by atoms with Gasteiger partial charge < -0.3 is 24.7 Å². The summed E-state index contributed by atoms with van der Waals surface area (Å²) in [6, 6.07) is 15.1. The number of carbonyl (C=O) groups is 2. The van der Waals surface area contributed by atoms with Gasteiger partial charge in [0.25, 0.3) is 0 Å². The first kappa shape index (κ1) is 29.7. The Labute approximate surface area is 230 Å². The lowest BCUT2D eigenvalue weighted by molar-refractivity contribution is -0.123. The summed E-state index contributed by atoms with van der Waals surface area (Å²) in [6.45, 7) is 8.35. The number of rotatable bonds is 14. The van der Waals surface area contributed by atoms with Gasteiger partial charge >= 0.3 is 0 Å². The fraction of sp³-hybridized carbons (Fsp3) is 0.375. The number of aromatic hydroxyl groups is 1. The molecule has 7 heteroatoms. The first-order valence-electron chi connectivity index (χ1n) is 13.4. The number of hydrogen-bond acceptors (Lipinski definition) is 5. The lowest BCUT2D eigenvalue weighted by atomic mass is 9.91. The van der Waals surface area contributed by atoms with Gasteiger partial charge in [-0.3, -0.25) is 4.79 Å². The molecule has 0 fully saturated rings. The van der Waals surface area contributed by atoms with Gasteiger partial charge in [-0.05, 0) is 54.3 Å². The van der Waals surface area contributed by atoms with Crippen molar-refractivity contribution >= 4 is 17.9 Å². The highest BCUT2D eigenvalue weighted by molar-refractivity contribution is 5.93. The van der Waals surface area contributed by atoms with E-state index in [-0.39, 0.29) is 23.9 Å². The van der Waals surface area contributed by atoms with Crippen molar-refractivity contribution < 1.29 is 28.6 Å². The van der Waals surface area contributed by atoms with Crippen LogP contribution in [0.2, 0.25) is 0 Å². The van der Waals surface area contributed by atoms with Crippen LogP contribution in [0.5, 0.6) is 17.2 Å². The average molecular weight is 536 g/mol. The second-order valence-electron chi connectivity index (χ2n) is 10.3. The van der Waals surface area contributed by atoms with E-state index in [1.807, 2.05) is 31.2 Å². The molecule has 3 rings (SSSR count). The van der Waals surface area contributed by atoms with Gasteiger partial charge in [-0.25, -0.2) is 4.39 Å². The number of carbonyl (C=O) groups excluding carboxylic acids is 2. The monoisotopic (exact) mass is 535 g/mol. The number of aryl methyl sites for hydroxylation is 1. The van der Waals surface area contributed by atoms with Crippen LogP contribution in [0.3, 0.4) is 0 Å². The zero-order valence-electron chi connectivity index (χ0n) is 23.2. The van der Waals surface area contributed by atoms with Gasteiger partial charge in [0.05, 0.1) is 13.2 Å². The van der Waals surface area contributed by atoms with E-state index in [2.05, 4.69) is 12.2 Å². The maximum atomic E-state index is 13.3. The molecule has 2 N–H and O–H groups in total. The minimum Gasteiger partial charge on any atom is -0.507 e. The van der Waals surface area contributed by atoms with Crippen molar-refractivity contribution in [1.29, 1.82) is 0 Å². The van der Waals surface area contributed by atoms with Crippen molar-refractivity contribution in [2.45, 2.75) is 59.8 Å². The predicted molar refractivity (Wildman–Crippen MR) is 152 cm³/mol. The molecule has 0 atom stereocenters. The molecule has 0 aliphatic heterocycles. The Hall–Kier alpha value is -3.87. The number of anilines is 1. The number of amides is 1. The first-order valence-corrected chi connectivity index (χ1v) is 13.4. The molecule has 3 aromatic rings. The van der Waals surface area contributed by atoms with E-state index in [1.54, 1.807) is 32.0 Å². The summed E-state index contributed by atoms with van der Waals surface area (Å²) in [7, 11) is 0. The van der Waals surface area contributed by atoms with Gasteiger partial charge in [0.2, 0.25) is 5.91 Å². The largest absolute Gasteiger partial charge is 0.507 e. The van der Waals surface area contributed by atoms with Crippen LogP contribution in [-0.4, -0.2) is 30.5 Å². The standard InChI is InChI=1S/C32H38FNO5/c1-5-9-25-27(34-31(37)20-32(3,4)21-35)10-7-11-29(25)38-16-8-17-39-30-19-28(36)26(18-22(30)6-2)23-12-14-24(33)15-13-23/h7,10-15,18-19,21,36H,5-6,8-9,16-17,20H2,1-4H3,(H,34,37). The number of phenolic OH excluding ortho intramolecular Hbond substituents is 1. The van der Waals surface area contributed by atoms with E-state index >= 15 is 0 Å². The second kappa shape index (κ2) is 13.8. The average Bonchev–Trinajstić information content (AvgIpc) is 2.90. The fourth-order valence-electron chi connectivity index (χ4n) is 4.28. The van der Waals surface area contributed by atoms with E-state index < -0.39 is 5.41 Å². The van der Waals surface area contributed by atoms with Crippen LogP contribution >= 0.6 is 0 Å². The van der Waals surface area contributed by atoms with Gasteiger partial charge in [-0.2, -0.15) is 0 Å². The highest BCUT2D eigenvalue weighted by atomic mass is 19.1. The molecule has 0 spiro atoms. The minimum atomic E-state index is -0.723. The molecule has 6 nitrogen and oxygen atoms in total. The molecular weight excluding hydrogens is 497 g/mol. The molecule has 0 saturated heterocycles. The normalized spacial score (nSPS) is 11.2. The predicted octanol–water partition coefficient (Wildman–Crippen LogP) is 7.11. The second-order valence-corrected chi connectivity index (χ2v) is 10.3. The minimum absolute atomic E-state index is 0.0738. The Morgan fingerprint density at radius 2 is 1.72 bits per heavy atom. The molecule has 0 aliphatic rings. The van der Waals surface area contributed by atoms with Crippen LogP contribution in [-0.2, 0) is 22.4 Å². The zero-order chi connectivity index (χ0) is 28.4. The van der Waals surface area contributed by atoms with Crippen LogP contribution < -0.4 is 14.8 Å². The van der Waals surface area contributed by atoms with E-state index in [0.29, 0.717) is 48.8 Å². The summed E-state index contributed by atoms with van der Waals surface area (Å²) >= 11 is 0. The molecule has 0 bridgehead atoms. The van der Waals surface area contributed by atoms with Crippen molar-refractivity contribution in [3.8, 4) is 28.4 Å². The molecular formula is C32H38FNO5. The number of nitrogens with one attached hydrogen (secondary N) is 1. The highest BCUT2D eigenvalue weighted by Crippen LogP contribution is 2.36. The third kappa shape index (κ3) is 8.31. The summed E-state index contributed by atoms with van der Waals surface area (Å²) in [4.78, 5) is 23.7. The molecule has 39 heavy (non-hydrogen) atoms. The van der Waals surface area contributed by atoms with E-state index in [9.17, 15) is 19.1 Å². The smallest absolute Gasteiger partial charge is 0.225 e. The molecule has 3 aromatic carbocycles. The number of halogens is 1. The summed E-state index contributed by atoms with van der Waals surface area (Å²) in [5.41, 5.74) is 3.21. The third-order valence-corrected chi connectivity index (χ3v) is 6.36. The zero-order valence-corrected chi connectivity index (χ0v) is 23.2. The number of phenols is 1. The van der Waals surface area contributed by atoms with Gasteiger partial charge in [0.1, 0.15) is 29.4 Å². The number of aldehydes is 1. The van der Waals surface area contributed by atoms with Crippen molar-refractivity contribution in [1.82, 2.24) is 0 Å².